The number of nitrogens with zero attached hydrogens (tertiary/aromatic N) is 5. The average Bonchev–Trinajstić information content (AvgIpc) is 3.04. The first-order valence-corrected chi connectivity index (χ1v) is 7.35. The van der Waals surface area contributed by atoms with E-state index in [1.54, 1.807) is 30.4 Å². The Morgan fingerprint density at radius 1 is 1.58 bits per heavy atom. The van der Waals surface area contributed by atoms with Crippen molar-refractivity contribution in [2.24, 2.45) is 0 Å². The minimum absolute atomic E-state index is 0.00428. The number of nitrogens with one attached hydrogen (secondary N) is 1. The molecule has 0 aliphatic rings. The lowest BCUT2D eigenvalue weighted by molar-refractivity contribution is 0.0797. The minimum Gasteiger partial charge on any atom is -0.382 e. The van der Waals surface area contributed by atoms with Crippen molar-refractivity contribution in [1.82, 2.24) is 25.0 Å². The van der Waals surface area contributed by atoms with Crippen LogP contribution in [0, 0.1) is 11.3 Å². The van der Waals surface area contributed by atoms with Gasteiger partial charge in [-0.15, -0.1) is 0 Å². The monoisotopic (exact) mass is 325 g/mol. The molecule has 8 heteroatoms. The van der Waals surface area contributed by atoms with Crippen LogP contribution < -0.4 is 11.2 Å². The van der Waals surface area contributed by atoms with Crippen molar-refractivity contribution in [1.29, 1.82) is 5.26 Å². The first-order valence-electron chi connectivity index (χ1n) is 7.35. The molecule has 2 aromatic heterocycles. The average molecular weight is 325 g/mol. The van der Waals surface area contributed by atoms with E-state index >= 15 is 0 Å². The second-order valence-corrected chi connectivity index (χ2v) is 5.16. The Morgan fingerprint density at radius 3 is 3.00 bits per heavy atom. The lowest BCUT2D eigenvalue weighted by Gasteiger charge is -2.22. The highest BCUT2D eigenvalue weighted by atomic mass is 16.2. The molecule has 1 unspecified atom stereocenters. The van der Waals surface area contributed by atoms with E-state index in [1.165, 1.54) is 10.8 Å². The molecule has 8 nitrogen and oxygen atoms in total. The predicted molar refractivity (Wildman–Crippen MR) is 90.0 cm³/mol. The lowest BCUT2D eigenvalue weighted by Crippen LogP contribution is -2.44. The fourth-order valence-electron chi connectivity index (χ4n) is 2.07. The highest BCUT2D eigenvalue weighted by Crippen LogP contribution is 2.13. The molecule has 24 heavy (non-hydrogen) atoms. The van der Waals surface area contributed by atoms with E-state index in [1.807, 2.05) is 32.1 Å². The van der Waals surface area contributed by atoms with Gasteiger partial charge in [0.2, 0.25) is 0 Å². The molecule has 0 spiro atoms. The van der Waals surface area contributed by atoms with E-state index < -0.39 is 5.91 Å². The summed E-state index contributed by atoms with van der Waals surface area (Å²) < 4.78 is 1.54. The van der Waals surface area contributed by atoms with Crippen LogP contribution in [0.1, 0.15) is 30.0 Å². The van der Waals surface area contributed by atoms with E-state index in [-0.39, 0.29) is 17.6 Å². The highest BCUT2D eigenvalue weighted by molar-refractivity contribution is 5.96. The number of hydrogen-bond donors (Lipinski definition) is 2. The molecule has 0 bridgehead atoms. The molecule has 0 fully saturated rings. The van der Waals surface area contributed by atoms with Crippen LogP contribution in [0.3, 0.4) is 0 Å². The largest absolute Gasteiger partial charge is 0.382 e. The summed E-state index contributed by atoms with van der Waals surface area (Å²) in [5, 5.41) is 10.7. The zero-order chi connectivity index (χ0) is 17.7. The van der Waals surface area contributed by atoms with E-state index in [9.17, 15) is 4.79 Å². The maximum absolute atomic E-state index is 12.4. The van der Waals surface area contributed by atoms with E-state index in [0.29, 0.717) is 11.5 Å². The lowest BCUT2D eigenvalue weighted by atomic mass is 10.3. The number of likely N-dealkylation sites (N-methyl/N-ethyl adjacent to an activating group) is 1. The quantitative estimate of drug-likeness (QED) is 0.632. The van der Waals surface area contributed by atoms with Crippen LogP contribution in [0.25, 0.3) is 5.82 Å². The van der Waals surface area contributed by atoms with Crippen molar-refractivity contribution < 1.29 is 4.79 Å². The van der Waals surface area contributed by atoms with Gasteiger partial charge in [0, 0.05) is 19.3 Å². The van der Waals surface area contributed by atoms with Crippen molar-refractivity contribution in [3.8, 4) is 11.9 Å². The molecule has 2 aromatic rings. The molecule has 1 atom stereocenters. The first kappa shape index (κ1) is 17.2. The molecule has 2 heterocycles. The number of nitrogen functional groups attached to an aromatic ring is 1. The van der Waals surface area contributed by atoms with Gasteiger partial charge >= 0.3 is 0 Å². The summed E-state index contributed by atoms with van der Waals surface area (Å²) in [6.07, 6.45) is 6.92. The number of nitriles is 1. The Morgan fingerprint density at radius 2 is 2.33 bits per heavy atom. The van der Waals surface area contributed by atoms with Crippen molar-refractivity contribution >= 4 is 11.7 Å². The third-order valence-corrected chi connectivity index (χ3v) is 3.47. The number of carbonyl (C=O) groups is 1. The number of amides is 1. The molecule has 3 N–H and O–H groups in total. The molecule has 124 valence electrons. The number of nitrogens with two attached hydrogens (primary N) is 1. The Bertz CT molecular complexity index is 803. The Kier molecular flexibility index (Phi) is 5.29. The van der Waals surface area contributed by atoms with Gasteiger partial charge in [0.15, 0.2) is 17.3 Å². The second-order valence-electron chi connectivity index (χ2n) is 5.16. The summed E-state index contributed by atoms with van der Waals surface area (Å²) >= 11 is 0. The number of hydrogen-bond acceptors (Lipinski definition) is 6. The molecule has 0 aliphatic carbocycles. The third-order valence-electron chi connectivity index (χ3n) is 3.47. The van der Waals surface area contributed by atoms with Gasteiger partial charge in [-0.3, -0.25) is 14.8 Å². The molecule has 1 amide bonds. The van der Waals surface area contributed by atoms with Crippen molar-refractivity contribution in [3.05, 3.63) is 48.1 Å². The maximum Gasteiger partial charge on any atom is 0.288 e. The third kappa shape index (κ3) is 3.59. The van der Waals surface area contributed by atoms with Gasteiger partial charge in [0.25, 0.3) is 5.91 Å². The number of hydrazine groups is 1. The van der Waals surface area contributed by atoms with Gasteiger partial charge in [-0.05, 0) is 26.0 Å². The van der Waals surface area contributed by atoms with Gasteiger partial charge < -0.3 is 5.73 Å². The van der Waals surface area contributed by atoms with Crippen LogP contribution in [-0.4, -0.2) is 38.5 Å². The molecule has 0 aromatic carbocycles. The van der Waals surface area contributed by atoms with Crippen LogP contribution in [0.4, 0.5) is 5.82 Å². The summed E-state index contributed by atoms with van der Waals surface area (Å²) in [6.45, 7) is 3.84. The normalized spacial score (nSPS) is 12.3. The zero-order valence-corrected chi connectivity index (χ0v) is 13.8. The Labute approximate surface area is 140 Å². The number of anilines is 1. The van der Waals surface area contributed by atoms with Gasteiger partial charge in [-0.25, -0.2) is 15.0 Å². The van der Waals surface area contributed by atoms with E-state index in [4.69, 9.17) is 11.0 Å². The molecule has 0 radical (unpaired) electrons. The number of rotatable bonds is 5. The van der Waals surface area contributed by atoms with Crippen molar-refractivity contribution in [3.63, 3.8) is 0 Å². The molecule has 0 saturated heterocycles. The number of carbonyl (C=O) groups excluding carboxylic acids is 1. The molecular formula is C16H19N7O. The topological polar surface area (TPSA) is 113 Å². The fraction of sp³-hybridized carbons (Fsp3) is 0.250. The summed E-state index contributed by atoms with van der Waals surface area (Å²) in [4.78, 5) is 20.7. The maximum atomic E-state index is 12.4. The standard InChI is InChI=1S/C16H19N7O/c1-4-6-11(2)22(3)21-16(24)14-15(18)19-10-13(20-14)23-8-5-7-12(23)9-17/h4-8,10-11H,1-3H3,(H2,18,19)(H,21,24)/b6-4-. The summed E-state index contributed by atoms with van der Waals surface area (Å²) in [6, 6.07) is 5.41. The van der Waals surface area contributed by atoms with Crippen LogP contribution in [0.15, 0.2) is 36.7 Å². The van der Waals surface area contributed by atoms with Gasteiger partial charge in [0.05, 0.1) is 6.20 Å². The van der Waals surface area contributed by atoms with Crippen LogP contribution >= 0.6 is 0 Å². The van der Waals surface area contributed by atoms with Gasteiger partial charge in [0.1, 0.15) is 11.8 Å². The minimum atomic E-state index is -0.466. The fourth-order valence-corrected chi connectivity index (χ4v) is 2.07. The Balaban J connectivity index is 2.29. The molecule has 0 aliphatic heterocycles. The van der Waals surface area contributed by atoms with Gasteiger partial charge in [-0.2, -0.15) is 5.26 Å². The van der Waals surface area contributed by atoms with Gasteiger partial charge in [-0.1, -0.05) is 12.2 Å². The van der Waals surface area contributed by atoms with Crippen molar-refractivity contribution in [2.75, 3.05) is 12.8 Å². The van der Waals surface area contributed by atoms with E-state index in [2.05, 4.69) is 15.4 Å². The molecule has 2 rings (SSSR count). The molecule has 0 saturated carbocycles. The Hall–Kier alpha value is -3.18. The summed E-state index contributed by atoms with van der Waals surface area (Å²) in [5.74, 6) is -0.0968. The number of allylic oxidation sites excluding steroid dienone is 1. The number of aromatic nitrogens is 3. The zero-order valence-electron chi connectivity index (χ0n) is 13.8. The highest BCUT2D eigenvalue weighted by Gasteiger charge is 2.18. The van der Waals surface area contributed by atoms with Crippen LogP contribution in [0.5, 0.6) is 0 Å². The molecular weight excluding hydrogens is 306 g/mol. The first-order chi connectivity index (χ1) is 11.5. The summed E-state index contributed by atoms with van der Waals surface area (Å²) in [5.41, 5.74) is 8.89. The van der Waals surface area contributed by atoms with Crippen LogP contribution in [0.2, 0.25) is 0 Å². The van der Waals surface area contributed by atoms with Crippen molar-refractivity contribution in [2.45, 2.75) is 19.9 Å². The second kappa shape index (κ2) is 7.39. The SMILES string of the molecule is C/C=C\C(C)N(C)NC(=O)c1nc(-n2cccc2C#N)cnc1N. The summed E-state index contributed by atoms with van der Waals surface area (Å²) in [7, 11) is 1.75. The predicted octanol–water partition coefficient (Wildman–Crippen LogP) is 1.26. The smallest absolute Gasteiger partial charge is 0.288 e. The van der Waals surface area contributed by atoms with Crippen LogP contribution in [-0.2, 0) is 0 Å². The van der Waals surface area contributed by atoms with E-state index in [0.717, 1.165) is 0 Å².